The Balaban J connectivity index is 1.94. The molecule has 0 radical (unpaired) electrons. The van der Waals surface area contributed by atoms with Gasteiger partial charge in [0.15, 0.2) is 0 Å². The van der Waals surface area contributed by atoms with Gasteiger partial charge in [-0.05, 0) is 52.6 Å². The Morgan fingerprint density at radius 3 is 2.26 bits per heavy atom. The first-order valence-electron chi connectivity index (χ1n) is 12.4. The van der Waals surface area contributed by atoms with Crippen LogP contribution in [0.25, 0.3) is 0 Å². The van der Waals surface area contributed by atoms with Crippen molar-refractivity contribution >= 4 is 11.9 Å². The van der Waals surface area contributed by atoms with Crippen LogP contribution in [-0.4, -0.2) is 61.5 Å². The average molecular weight is 435 g/mol. The van der Waals surface area contributed by atoms with Gasteiger partial charge in [-0.2, -0.15) is 0 Å². The number of hydrogen-bond donors (Lipinski definition) is 0. The SMILES string of the molecule is CCCCC/C=C\C/C=C\CCCCCCCC(=O)O[C@H]1CCN(C(=O)CN(C)C)C1. The summed E-state index contributed by atoms with van der Waals surface area (Å²) >= 11 is 0. The summed E-state index contributed by atoms with van der Waals surface area (Å²) in [5.41, 5.74) is 0. The number of carbonyl (C=O) groups is 2. The van der Waals surface area contributed by atoms with Crippen LogP contribution < -0.4 is 0 Å². The fourth-order valence-electron chi connectivity index (χ4n) is 3.75. The number of allylic oxidation sites excluding steroid dienone is 4. The van der Waals surface area contributed by atoms with Crippen LogP contribution in [0.2, 0.25) is 0 Å². The first-order valence-corrected chi connectivity index (χ1v) is 12.4. The van der Waals surface area contributed by atoms with Crippen LogP contribution in [0.15, 0.2) is 24.3 Å². The number of nitrogens with zero attached hydrogens (tertiary/aromatic N) is 2. The minimum absolute atomic E-state index is 0.109. The topological polar surface area (TPSA) is 49.9 Å². The second-order valence-electron chi connectivity index (χ2n) is 8.96. The van der Waals surface area contributed by atoms with Gasteiger partial charge in [0, 0.05) is 19.4 Å². The summed E-state index contributed by atoms with van der Waals surface area (Å²) in [5, 5.41) is 0. The number of hydrogen-bond acceptors (Lipinski definition) is 4. The molecular weight excluding hydrogens is 388 g/mol. The molecule has 5 nitrogen and oxygen atoms in total. The quantitative estimate of drug-likeness (QED) is 0.172. The number of ether oxygens (including phenoxy) is 1. The van der Waals surface area contributed by atoms with Gasteiger partial charge in [0.25, 0.3) is 0 Å². The summed E-state index contributed by atoms with van der Waals surface area (Å²) in [6.45, 7) is 3.88. The van der Waals surface area contributed by atoms with Gasteiger partial charge in [0.2, 0.25) is 5.91 Å². The van der Waals surface area contributed by atoms with Crippen LogP contribution in [0.3, 0.4) is 0 Å². The van der Waals surface area contributed by atoms with Crippen molar-refractivity contribution in [2.45, 2.75) is 96.5 Å². The zero-order chi connectivity index (χ0) is 22.7. The highest BCUT2D eigenvalue weighted by molar-refractivity contribution is 5.78. The second kappa shape index (κ2) is 18.0. The first kappa shape index (κ1) is 27.4. The Labute approximate surface area is 190 Å². The molecule has 1 aliphatic heterocycles. The Hall–Kier alpha value is -1.62. The highest BCUT2D eigenvalue weighted by atomic mass is 16.5. The van der Waals surface area contributed by atoms with Crippen LogP contribution in [0.5, 0.6) is 0 Å². The van der Waals surface area contributed by atoms with E-state index in [2.05, 4.69) is 31.2 Å². The van der Waals surface area contributed by atoms with Crippen molar-refractivity contribution in [1.82, 2.24) is 9.80 Å². The number of esters is 1. The average Bonchev–Trinajstić information content (AvgIpc) is 3.19. The van der Waals surface area contributed by atoms with Crippen molar-refractivity contribution in [2.24, 2.45) is 0 Å². The maximum absolute atomic E-state index is 12.1. The molecule has 0 bridgehead atoms. The third-order valence-corrected chi connectivity index (χ3v) is 5.58. The van der Waals surface area contributed by atoms with Crippen LogP contribution in [0.4, 0.5) is 0 Å². The van der Waals surface area contributed by atoms with Crippen LogP contribution in [-0.2, 0) is 14.3 Å². The molecule has 0 N–H and O–H groups in total. The molecule has 0 aromatic heterocycles. The van der Waals surface area contributed by atoms with Gasteiger partial charge in [0.1, 0.15) is 6.10 Å². The van der Waals surface area contributed by atoms with E-state index < -0.39 is 0 Å². The molecule has 178 valence electrons. The second-order valence-corrected chi connectivity index (χ2v) is 8.96. The van der Waals surface area contributed by atoms with E-state index in [1.165, 1.54) is 44.9 Å². The Kier molecular flexibility index (Phi) is 15.9. The van der Waals surface area contributed by atoms with Crippen molar-refractivity contribution < 1.29 is 14.3 Å². The summed E-state index contributed by atoms with van der Waals surface area (Å²) in [4.78, 5) is 27.8. The number of rotatable bonds is 17. The van der Waals surface area contributed by atoms with Crippen molar-refractivity contribution in [2.75, 3.05) is 33.7 Å². The molecule has 0 saturated carbocycles. The van der Waals surface area contributed by atoms with E-state index in [9.17, 15) is 9.59 Å². The lowest BCUT2D eigenvalue weighted by molar-refractivity contribution is -0.149. The third kappa shape index (κ3) is 14.9. The minimum Gasteiger partial charge on any atom is -0.460 e. The van der Waals surface area contributed by atoms with Gasteiger partial charge in [-0.1, -0.05) is 63.3 Å². The molecule has 1 aliphatic rings. The highest BCUT2D eigenvalue weighted by Gasteiger charge is 2.28. The zero-order valence-electron chi connectivity index (χ0n) is 20.3. The molecule has 1 fully saturated rings. The third-order valence-electron chi connectivity index (χ3n) is 5.58. The molecule has 0 unspecified atom stereocenters. The monoisotopic (exact) mass is 434 g/mol. The van der Waals surface area contributed by atoms with E-state index in [0.29, 0.717) is 26.1 Å². The van der Waals surface area contributed by atoms with Crippen molar-refractivity contribution in [3.63, 3.8) is 0 Å². The van der Waals surface area contributed by atoms with Gasteiger partial charge in [-0.25, -0.2) is 0 Å². The number of likely N-dealkylation sites (N-methyl/N-ethyl adjacent to an activating group) is 1. The first-order chi connectivity index (χ1) is 15.0. The summed E-state index contributed by atoms with van der Waals surface area (Å²) in [7, 11) is 3.77. The largest absolute Gasteiger partial charge is 0.460 e. The lowest BCUT2D eigenvalue weighted by Gasteiger charge is -2.19. The maximum atomic E-state index is 12.1. The molecular formula is C26H46N2O3. The van der Waals surface area contributed by atoms with Gasteiger partial charge in [-0.3, -0.25) is 9.59 Å². The Morgan fingerprint density at radius 1 is 0.935 bits per heavy atom. The number of carbonyl (C=O) groups excluding carboxylic acids is 2. The maximum Gasteiger partial charge on any atom is 0.306 e. The number of likely N-dealkylation sites (tertiary alicyclic amines) is 1. The van der Waals surface area contributed by atoms with Crippen molar-refractivity contribution in [1.29, 1.82) is 0 Å². The molecule has 0 aromatic carbocycles. The molecule has 0 spiro atoms. The Bertz CT molecular complexity index is 543. The van der Waals surface area contributed by atoms with E-state index in [4.69, 9.17) is 4.74 Å². The molecule has 0 aromatic rings. The molecule has 1 rings (SSSR count). The van der Waals surface area contributed by atoms with E-state index >= 15 is 0 Å². The van der Waals surface area contributed by atoms with Crippen molar-refractivity contribution in [3.05, 3.63) is 24.3 Å². The molecule has 1 amide bonds. The van der Waals surface area contributed by atoms with E-state index in [1.54, 1.807) is 4.90 Å². The lowest BCUT2D eigenvalue weighted by atomic mass is 10.1. The molecule has 5 heteroatoms. The predicted octanol–water partition coefficient (Wildman–Crippen LogP) is 5.51. The summed E-state index contributed by atoms with van der Waals surface area (Å²) in [6.07, 6.45) is 23.2. The normalized spacial score (nSPS) is 16.8. The van der Waals surface area contributed by atoms with Crippen LogP contribution in [0, 0.1) is 0 Å². The van der Waals surface area contributed by atoms with Gasteiger partial charge in [0.05, 0.1) is 13.1 Å². The fourth-order valence-corrected chi connectivity index (χ4v) is 3.75. The van der Waals surface area contributed by atoms with E-state index in [1.807, 2.05) is 19.0 Å². The Morgan fingerprint density at radius 2 is 1.58 bits per heavy atom. The molecule has 0 aliphatic carbocycles. The fraction of sp³-hybridized carbons (Fsp3) is 0.769. The van der Waals surface area contributed by atoms with Gasteiger partial charge < -0.3 is 14.5 Å². The van der Waals surface area contributed by atoms with Crippen molar-refractivity contribution in [3.8, 4) is 0 Å². The van der Waals surface area contributed by atoms with Gasteiger partial charge in [-0.15, -0.1) is 0 Å². The standard InChI is InChI=1S/C26H46N2O3/c1-4-5-6-7-8-9-10-11-12-13-14-15-16-17-18-19-26(30)31-24-20-21-28(22-24)25(29)23-27(2)3/h8-9,11-12,24H,4-7,10,13-23H2,1-3H3/b9-8-,12-11-/t24-/m0/s1. The summed E-state index contributed by atoms with van der Waals surface area (Å²) in [5.74, 6) is -0.00476. The van der Waals surface area contributed by atoms with Gasteiger partial charge >= 0.3 is 5.97 Å². The number of unbranched alkanes of at least 4 members (excludes halogenated alkanes) is 8. The molecule has 31 heavy (non-hydrogen) atoms. The van der Waals surface area contributed by atoms with Crippen LogP contribution >= 0.6 is 0 Å². The number of amides is 1. The highest BCUT2D eigenvalue weighted by Crippen LogP contribution is 2.15. The van der Waals surface area contributed by atoms with E-state index in [-0.39, 0.29) is 18.0 Å². The minimum atomic E-state index is -0.128. The smallest absolute Gasteiger partial charge is 0.306 e. The summed E-state index contributed by atoms with van der Waals surface area (Å²) < 4.78 is 5.55. The predicted molar refractivity (Wildman–Crippen MR) is 129 cm³/mol. The molecule has 1 atom stereocenters. The lowest BCUT2D eigenvalue weighted by Crippen LogP contribution is -2.37. The summed E-state index contributed by atoms with van der Waals surface area (Å²) in [6, 6.07) is 0. The molecule has 1 saturated heterocycles. The zero-order valence-corrected chi connectivity index (χ0v) is 20.3. The van der Waals surface area contributed by atoms with Crippen LogP contribution in [0.1, 0.15) is 90.4 Å². The van der Waals surface area contributed by atoms with E-state index in [0.717, 1.165) is 32.1 Å². The molecule has 1 heterocycles.